The van der Waals surface area contributed by atoms with Crippen LogP contribution in [0.15, 0.2) is 109 Å². The van der Waals surface area contributed by atoms with E-state index in [1.54, 1.807) is 11.0 Å². The van der Waals surface area contributed by atoms with Crippen LogP contribution in [-0.2, 0) is 37.2 Å². The van der Waals surface area contributed by atoms with Gasteiger partial charge in [0.25, 0.3) is 0 Å². The van der Waals surface area contributed by atoms with Gasteiger partial charge in [-0.2, -0.15) is 0 Å². The first kappa shape index (κ1) is 54.2. The van der Waals surface area contributed by atoms with Crippen LogP contribution in [0, 0.1) is 25.7 Å². The predicted octanol–water partition coefficient (Wildman–Crippen LogP) is 9.97. The molecule has 4 amide bonds. The molecule has 1 saturated heterocycles. The number of alkyl halides is 1. The summed E-state index contributed by atoms with van der Waals surface area (Å²) >= 11 is 9.54. The Kier molecular flexibility index (Phi) is 29.1. The summed E-state index contributed by atoms with van der Waals surface area (Å²) in [6.45, 7) is 5.48. The molecule has 0 saturated carbocycles. The third-order valence-electron chi connectivity index (χ3n) is 8.65. The van der Waals surface area contributed by atoms with Crippen molar-refractivity contribution < 1.29 is 38.4 Å². The van der Waals surface area contributed by atoms with Gasteiger partial charge in [0.05, 0.1) is 6.04 Å². The fraction of sp³-hybridized carbons (Fsp3) is 0.311. The molecule has 326 valence electrons. The molecule has 11 nitrogen and oxygen atoms in total. The van der Waals surface area contributed by atoms with Gasteiger partial charge in [-0.3, -0.25) is 14.4 Å². The zero-order valence-electron chi connectivity index (χ0n) is 34.3. The van der Waals surface area contributed by atoms with Crippen molar-refractivity contribution >= 4 is 112 Å². The van der Waals surface area contributed by atoms with Crippen molar-refractivity contribution in [1.29, 1.82) is 0 Å². The molecule has 5 rings (SSSR count). The van der Waals surface area contributed by atoms with Crippen LogP contribution in [0.3, 0.4) is 0 Å². The van der Waals surface area contributed by atoms with Crippen LogP contribution in [-0.4, -0.2) is 71.8 Å². The Morgan fingerprint density at radius 2 is 1.20 bits per heavy atom. The molecule has 1 heterocycles. The minimum absolute atomic E-state index is 0.0457. The van der Waals surface area contributed by atoms with E-state index in [9.17, 15) is 24.0 Å². The number of Topliss-reactive ketones (excluding diaryl/α,β-unsaturated/α-hetero) is 1. The summed E-state index contributed by atoms with van der Waals surface area (Å²) in [5.74, 6) is 5.89. The molecule has 0 aliphatic carbocycles. The number of amides is 4. The van der Waals surface area contributed by atoms with Crippen LogP contribution in [0.25, 0.3) is 0 Å². The standard InChI is InChI=1S/C22H24N2O4.C22H24N2O3.CH3I.3HI.V/c1-16-7-5-6-10-18(16)21(26)19-11-12-20(25)24(19)14-13-23-22(27)28-15-17-8-3-2-4-9-17;1-18-9-5-6-12-20(18)13-7-8-14-21(25)23-15-16-24-22(26)27-17-19-10-3-2-4-11-19;1-2;;;;/h2-10,19H,11-15H2,1H3,(H,23,27);2-6,9-12H,8,14-17H2,1H3,(H,23,25)(H,24,26);1H3;3*1H;/q;;;;;;+3/p-3. The molecule has 4 aromatic rings. The molecule has 0 radical (unpaired) electrons. The van der Waals surface area contributed by atoms with Crippen molar-refractivity contribution in [2.24, 2.45) is 0 Å². The maximum atomic E-state index is 12.9. The van der Waals surface area contributed by atoms with Gasteiger partial charge in [0.1, 0.15) is 13.2 Å². The Balaban J connectivity index is 0.000000372. The van der Waals surface area contributed by atoms with Crippen molar-refractivity contribution in [2.75, 3.05) is 31.1 Å². The van der Waals surface area contributed by atoms with Crippen molar-refractivity contribution in [3.8, 4) is 11.8 Å². The number of halogens is 4. The minimum atomic E-state index is -0.544. The molecule has 1 aliphatic heterocycles. The Bertz CT molecular complexity index is 2020. The summed E-state index contributed by atoms with van der Waals surface area (Å²) in [5, 5.41) is 7.99. The fourth-order valence-corrected chi connectivity index (χ4v) is 5.64. The van der Waals surface area contributed by atoms with Gasteiger partial charge in [-0.15, -0.1) is 0 Å². The molecule has 1 unspecified atom stereocenters. The van der Waals surface area contributed by atoms with E-state index in [2.05, 4.69) is 110 Å². The van der Waals surface area contributed by atoms with Gasteiger partial charge in [0.15, 0.2) is 5.78 Å². The van der Waals surface area contributed by atoms with E-state index in [-0.39, 0.29) is 48.8 Å². The number of nitrogens with zero attached hydrogens (tertiary/aromatic N) is 1. The van der Waals surface area contributed by atoms with Crippen molar-refractivity contribution in [1.82, 2.24) is 20.9 Å². The molecule has 1 aliphatic rings. The van der Waals surface area contributed by atoms with Gasteiger partial charge < -0.3 is 30.3 Å². The number of nitrogens with one attached hydrogen (secondary N) is 3. The first-order chi connectivity index (χ1) is 29.4. The number of benzene rings is 4. The van der Waals surface area contributed by atoms with Gasteiger partial charge in [-0.25, -0.2) is 9.59 Å². The van der Waals surface area contributed by atoms with Gasteiger partial charge in [0.2, 0.25) is 11.8 Å². The molecule has 61 heavy (non-hydrogen) atoms. The average Bonchev–Trinajstić information content (AvgIpc) is 3.63. The van der Waals surface area contributed by atoms with Crippen LogP contribution in [0.5, 0.6) is 0 Å². The number of hydrogen-bond donors (Lipinski definition) is 3. The Labute approximate surface area is 411 Å². The molecular formula is C45H51I4N4O7V. The van der Waals surface area contributed by atoms with Crippen molar-refractivity contribution in [2.45, 2.75) is 58.8 Å². The third kappa shape index (κ3) is 23.4. The van der Waals surface area contributed by atoms with Gasteiger partial charge in [-0.05, 0) is 53.5 Å². The molecule has 0 aromatic heterocycles. The number of rotatable bonds is 14. The second-order valence-electron chi connectivity index (χ2n) is 13.0. The van der Waals surface area contributed by atoms with E-state index < -0.39 is 18.2 Å². The number of carbonyl (C=O) groups is 5. The van der Waals surface area contributed by atoms with E-state index in [4.69, 9.17) is 9.47 Å². The van der Waals surface area contributed by atoms with Crippen LogP contribution in [0.2, 0.25) is 0 Å². The van der Waals surface area contributed by atoms with Gasteiger partial charge in [0, 0.05) is 56.6 Å². The average molecular weight is 1320 g/mol. The summed E-state index contributed by atoms with van der Waals surface area (Å²) in [6, 6.07) is 33.6. The Morgan fingerprint density at radius 3 is 1.75 bits per heavy atom. The number of ether oxygens (including phenoxy) is 2. The molecule has 4 aromatic carbocycles. The number of aryl methyl sites for hydroxylation is 2. The SMILES string of the molecule is CI.Cc1ccccc1C#CCCC(=O)NCCNC(=O)OCc1ccccc1.Cc1ccccc1C(=O)C1CCC(=O)N1CCNC(=O)OCc1ccccc1.[I][V]([I])[I]. The van der Waals surface area contributed by atoms with Crippen LogP contribution in [0.1, 0.15) is 63.9 Å². The predicted molar refractivity (Wildman–Crippen MR) is 272 cm³/mol. The van der Waals surface area contributed by atoms with E-state index in [1.165, 1.54) is 0 Å². The number of hydrogen-bond acceptors (Lipinski definition) is 7. The maximum absolute atomic E-state index is 12.9. The number of ketones is 1. The zero-order chi connectivity index (χ0) is 44.8. The Hall–Kier alpha value is -2.91. The second kappa shape index (κ2) is 32.7. The molecular weight excluding hydrogens is 1270 g/mol. The number of likely N-dealkylation sites (tertiary alicyclic amines) is 1. The van der Waals surface area contributed by atoms with Crippen LogP contribution >= 0.6 is 82.5 Å². The zero-order valence-corrected chi connectivity index (χ0v) is 44.3. The normalized spacial score (nSPS) is 12.4. The van der Waals surface area contributed by atoms with E-state index in [0.717, 1.165) is 27.8 Å². The molecule has 0 spiro atoms. The summed E-state index contributed by atoms with van der Waals surface area (Å²) in [6.07, 6.45) is 0.629. The third-order valence-corrected chi connectivity index (χ3v) is 8.65. The van der Waals surface area contributed by atoms with Crippen LogP contribution in [0.4, 0.5) is 9.59 Å². The molecule has 1 atom stereocenters. The van der Waals surface area contributed by atoms with Crippen LogP contribution < -0.4 is 16.0 Å². The molecule has 3 N–H and O–H groups in total. The van der Waals surface area contributed by atoms with Crippen molar-refractivity contribution in [3.63, 3.8) is 0 Å². The summed E-state index contributed by atoms with van der Waals surface area (Å²) in [4.78, 5) is 63.5. The van der Waals surface area contributed by atoms with E-state index >= 15 is 0 Å². The Morgan fingerprint density at radius 1 is 0.705 bits per heavy atom. The number of alkyl carbamates (subject to hydrolysis) is 2. The van der Waals surface area contributed by atoms with E-state index in [0.29, 0.717) is 44.3 Å². The summed E-state index contributed by atoms with van der Waals surface area (Å²) in [5.41, 5.74) is 5.47. The summed E-state index contributed by atoms with van der Waals surface area (Å²) < 4.78 is 10.2. The molecule has 16 heteroatoms. The van der Waals surface area contributed by atoms with Gasteiger partial charge >= 0.3 is 77.0 Å². The quantitative estimate of drug-likeness (QED) is 0.0375. The van der Waals surface area contributed by atoms with E-state index in [1.807, 2.05) is 122 Å². The topological polar surface area (TPSA) is 143 Å². The summed E-state index contributed by atoms with van der Waals surface area (Å²) in [7, 11) is 0. The van der Waals surface area contributed by atoms with Gasteiger partial charge in [-0.1, -0.05) is 138 Å². The monoisotopic (exact) mass is 1320 g/mol. The molecule has 1 fully saturated rings. The molecule has 0 bridgehead atoms. The first-order valence-electron chi connectivity index (χ1n) is 19.2. The van der Waals surface area contributed by atoms with Crippen molar-refractivity contribution in [3.05, 3.63) is 143 Å². The fourth-order valence-electron chi connectivity index (χ4n) is 5.64. The second-order valence-corrected chi connectivity index (χ2v) is 48.3. The number of carbonyl (C=O) groups excluding carboxylic acids is 5. The first-order valence-corrected chi connectivity index (χ1v) is 34.9.